The third kappa shape index (κ3) is 8.30. The number of fused-ring (bicyclic) bond motifs is 1. The number of carbonyl (C=O) groups excluding carboxylic acids is 1. The topological polar surface area (TPSA) is 102 Å². The van der Waals surface area contributed by atoms with Crippen LogP contribution in [0.25, 0.3) is 22.2 Å². The number of methoxy groups -OCH3 is 1. The molecule has 0 bridgehead atoms. The zero-order valence-electron chi connectivity index (χ0n) is 28.7. The lowest BCUT2D eigenvalue weighted by molar-refractivity contribution is 0.0595. The molecule has 0 atom stereocenters. The Balaban J connectivity index is 1.50. The monoisotopic (exact) mass is 694 g/mol. The Hall–Kier alpha value is -3.68. The van der Waals surface area contributed by atoms with E-state index < -0.39 is 20.1 Å². The van der Waals surface area contributed by atoms with E-state index in [0.717, 1.165) is 32.7 Å². The predicted octanol–water partition coefficient (Wildman–Crippen LogP) is 7.16. The van der Waals surface area contributed by atoms with Crippen molar-refractivity contribution in [2.45, 2.75) is 45.5 Å². The molecule has 5 rings (SSSR count). The van der Waals surface area contributed by atoms with E-state index in [0.29, 0.717) is 51.0 Å². The van der Waals surface area contributed by atoms with Crippen LogP contribution in [0.15, 0.2) is 48.7 Å². The van der Waals surface area contributed by atoms with E-state index in [1.807, 2.05) is 0 Å². The van der Waals surface area contributed by atoms with Crippen LogP contribution >= 0.6 is 11.6 Å². The van der Waals surface area contributed by atoms with Gasteiger partial charge in [0, 0.05) is 66.6 Å². The minimum Gasteiger partial charge on any atom is -0.491 e. The minimum absolute atomic E-state index is 0.0201. The number of pyridine rings is 1. The van der Waals surface area contributed by atoms with Gasteiger partial charge in [0.2, 0.25) is 0 Å². The number of likely N-dealkylation sites (N-methyl/N-ethyl adjacent to an activating group) is 1. The fourth-order valence-corrected chi connectivity index (χ4v) is 6.20. The first-order valence-electron chi connectivity index (χ1n) is 16.0. The van der Waals surface area contributed by atoms with Crippen LogP contribution in [0.1, 0.15) is 36.8 Å². The summed E-state index contributed by atoms with van der Waals surface area (Å²) in [6.07, 6.45) is 1.68. The zero-order valence-corrected chi connectivity index (χ0v) is 30.4. The van der Waals surface area contributed by atoms with Gasteiger partial charge in [-0.05, 0) is 61.6 Å². The molecular weight excluding hydrogens is 651 g/mol. The maximum atomic E-state index is 14.9. The van der Waals surface area contributed by atoms with Gasteiger partial charge in [0.1, 0.15) is 29.4 Å². The Morgan fingerprint density at radius 1 is 1.04 bits per heavy atom. The molecule has 1 aliphatic heterocycles. The summed E-state index contributed by atoms with van der Waals surface area (Å²) in [4.78, 5) is 22.2. The summed E-state index contributed by atoms with van der Waals surface area (Å²) in [7, 11) is 1.31. The zero-order chi connectivity index (χ0) is 34.6. The number of piperazine rings is 1. The number of rotatable bonds is 11. The molecule has 0 radical (unpaired) electrons. The molecule has 48 heavy (non-hydrogen) atoms. The first kappa shape index (κ1) is 35.6. The average molecular weight is 695 g/mol. The molecule has 256 valence electrons. The van der Waals surface area contributed by atoms with Crippen molar-refractivity contribution in [1.29, 1.82) is 0 Å². The number of nitrogens with zero attached hydrogens (tertiary/aromatic N) is 5. The standard InChI is InChI=1S/C35H44ClFN6O4Si/c1-35(2,3)48(6,7)47-22-32-31(20-30(40-41-32)24-18-23(36)8-9-27(24)37)39-28-10-11-38-29-21-33(26(19-25(28)29)34(44)45-5)46-17-16-43-14-12-42(4)13-15-43/h8-11,18-21H,12-17,22H2,1-7H3,(H,38,39,40). The number of hydrogen-bond donors (Lipinski definition) is 1. The van der Waals surface area contributed by atoms with Gasteiger partial charge < -0.3 is 24.1 Å². The smallest absolute Gasteiger partial charge is 0.341 e. The fourth-order valence-electron chi connectivity index (χ4n) is 5.10. The lowest BCUT2D eigenvalue weighted by Gasteiger charge is -2.36. The average Bonchev–Trinajstić information content (AvgIpc) is 3.05. The molecule has 0 saturated carbocycles. The van der Waals surface area contributed by atoms with Crippen molar-refractivity contribution in [1.82, 2.24) is 25.0 Å². The molecule has 3 heterocycles. The van der Waals surface area contributed by atoms with Crippen molar-refractivity contribution in [2.75, 3.05) is 58.8 Å². The molecule has 1 fully saturated rings. The number of nitrogens with one attached hydrogen (secondary N) is 1. The highest BCUT2D eigenvalue weighted by atomic mass is 35.5. The van der Waals surface area contributed by atoms with Crippen molar-refractivity contribution in [3.63, 3.8) is 0 Å². The summed E-state index contributed by atoms with van der Waals surface area (Å²) in [6.45, 7) is 16.2. The van der Waals surface area contributed by atoms with Gasteiger partial charge >= 0.3 is 5.97 Å². The molecule has 1 N–H and O–H groups in total. The van der Waals surface area contributed by atoms with E-state index in [-0.39, 0.29) is 22.8 Å². The summed E-state index contributed by atoms with van der Waals surface area (Å²) in [6, 6.07) is 11.3. The van der Waals surface area contributed by atoms with Crippen LogP contribution in [0.5, 0.6) is 5.75 Å². The molecule has 1 saturated heterocycles. The highest BCUT2D eigenvalue weighted by Gasteiger charge is 2.37. The molecule has 2 aromatic heterocycles. The molecular formula is C35H44ClFN6O4Si. The largest absolute Gasteiger partial charge is 0.491 e. The van der Waals surface area contributed by atoms with Crippen LogP contribution in [-0.4, -0.2) is 92.8 Å². The van der Waals surface area contributed by atoms with Crippen LogP contribution in [0, 0.1) is 5.82 Å². The second-order valence-electron chi connectivity index (χ2n) is 13.6. The molecule has 0 spiro atoms. The fraction of sp³-hybridized carbons (Fsp3) is 0.429. The lowest BCUT2D eigenvalue weighted by Crippen LogP contribution is -2.45. The molecule has 13 heteroatoms. The molecule has 0 aliphatic carbocycles. The number of benzene rings is 2. The summed E-state index contributed by atoms with van der Waals surface area (Å²) < 4.78 is 32.7. The summed E-state index contributed by atoms with van der Waals surface area (Å²) in [5.74, 6) is -0.586. The van der Waals surface area contributed by atoms with Crippen molar-refractivity contribution in [2.24, 2.45) is 0 Å². The van der Waals surface area contributed by atoms with E-state index in [2.05, 4.69) is 71.2 Å². The lowest BCUT2D eigenvalue weighted by atomic mass is 10.1. The maximum absolute atomic E-state index is 14.9. The van der Waals surface area contributed by atoms with E-state index >= 15 is 0 Å². The second kappa shape index (κ2) is 14.8. The van der Waals surface area contributed by atoms with E-state index in [1.54, 1.807) is 30.5 Å². The van der Waals surface area contributed by atoms with E-state index in [4.69, 9.17) is 25.5 Å². The predicted molar refractivity (Wildman–Crippen MR) is 190 cm³/mol. The van der Waals surface area contributed by atoms with Gasteiger partial charge in [0.25, 0.3) is 0 Å². The van der Waals surface area contributed by atoms with Crippen LogP contribution in [0.2, 0.25) is 23.2 Å². The van der Waals surface area contributed by atoms with Crippen molar-refractivity contribution in [3.05, 3.63) is 70.8 Å². The maximum Gasteiger partial charge on any atom is 0.341 e. The Morgan fingerprint density at radius 3 is 2.50 bits per heavy atom. The Labute approximate surface area is 287 Å². The van der Waals surface area contributed by atoms with Gasteiger partial charge in [-0.1, -0.05) is 32.4 Å². The minimum atomic E-state index is -2.15. The molecule has 4 aromatic rings. The van der Waals surface area contributed by atoms with Crippen molar-refractivity contribution < 1.29 is 23.1 Å². The van der Waals surface area contributed by atoms with Crippen LogP contribution in [0.3, 0.4) is 0 Å². The number of aromatic nitrogens is 3. The van der Waals surface area contributed by atoms with Crippen LogP contribution in [0.4, 0.5) is 15.8 Å². The quantitative estimate of drug-likeness (QED) is 0.129. The summed E-state index contributed by atoms with van der Waals surface area (Å²) >= 11 is 6.21. The third-order valence-corrected chi connectivity index (χ3v) is 13.9. The van der Waals surface area contributed by atoms with Crippen LogP contribution in [-0.2, 0) is 15.8 Å². The first-order valence-corrected chi connectivity index (χ1v) is 19.3. The number of hydrogen-bond acceptors (Lipinski definition) is 10. The highest BCUT2D eigenvalue weighted by molar-refractivity contribution is 6.74. The third-order valence-electron chi connectivity index (χ3n) is 9.23. The number of carbonyl (C=O) groups is 1. The van der Waals surface area contributed by atoms with Gasteiger partial charge in [-0.15, -0.1) is 5.10 Å². The number of esters is 1. The molecule has 1 aliphatic rings. The van der Waals surface area contributed by atoms with Gasteiger partial charge in [-0.2, -0.15) is 5.10 Å². The normalized spacial score (nSPS) is 14.7. The molecule has 2 aromatic carbocycles. The molecule has 0 amide bonds. The SMILES string of the molecule is COC(=O)c1cc2c(Nc3cc(-c4cc(Cl)ccc4F)nnc3CO[Si](C)(C)C(C)(C)C)ccnc2cc1OCCN1CCN(C)CC1. The van der Waals surface area contributed by atoms with E-state index in [9.17, 15) is 9.18 Å². The summed E-state index contributed by atoms with van der Waals surface area (Å²) in [5.41, 5.74) is 3.19. The van der Waals surface area contributed by atoms with Gasteiger partial charge in [-0.25, -0.2) is 9.18 Å². The highest BCUT2D eigenvalue weighted by Crippen LogP contribution is 2.38. The second-order valence-corrected chi connectivity index (χ2v) is 18.8. The Morgan fingerprint density at radius 2 is 1.79 bits per heavy atom. The van der Waals surface area contributed by atoms with Gasteiger partial charge in [0.15, 0.2) is 8.32 Å². The van der Waals surface area contributed by atoms with Crippen molar-refractivity contribution in [3.8, 4) is 17.0 Å². The first-order chi connectivity index (χ1) is 22.8. The molecule has 10 nitrogen and oxygen atoms in total. The number of ether oxygens (including phenoxy) is 2. The number of halogens is 2. The van der Waals surface area contributed by atoms with Crippen LogP contribution < -0.4 is 10.1 Å². The molecule has 0 unspecified atom stereocenters. The van der Waals surface area contributed by atoms with Gasteiger partial charge in [-0.3, -0.25) is 9.88 Å². The van der Waals surface area contributed by atoms with Gasteiger partial charge in [0.05, 0.1) is 30.6 Å². The summed E-state index contributed by atoms with van der Waals surface area (Å²) in [5, 5.41) is 13.3. The number of anilines is 2. The Bertz CT molecular complexity index is 1780. The Kier molecular flexibility index (Phi) is 11.0. The van der Waals surface area contributed by atoms with Crippen molar-refractivity contribution >= 4 is 48.2 Å². The van der Waals surface area contributed by atoms with E-state index in [1.165, 1.54) is 25.3 Å².